The van der Waals surface area contributed by atoms with Crippen LogP contribution in [0.15, 0.2) is 24.3 Å². The van der Waals surface area contributed by atoms with Crippen molar-refractivity contribution in [3.63, 3.8) is 0 Å². The van der Waals surface area contributed by atoms with Crippen molar-refractivity contribution < 1.29 is 19.7 Å². The highest BCUT2D eigenvalue weighted by molar-refractivity contribution is 5.86. The molecule has 6 rings (SSSR count). The van der Waals surface area contributed by atoms with Crippen LogP contribution in [0.5, 0.6) is 0 Å². The van der Waals surface area contributed by atoms with Crippen molar-refractivity contribution in [2.45, 2.75) is 95.5 Å². The van der Waals surface area contributed by atoms with Gasteiger partial charge in [-0.1, -0.05) is 32.0 Å². The van der Waals surface area contributed by atoms with Gasteiger partial charge in [-0.2, -0.15) is 0 Å². The number of nitrogens with one attached hydrogen (secondary N) is 1. The molecule has 2 aromatic rings. The van der Waals surface area contributed by atoms with Gasteiger partial charge in [-0.05, 0) is 74.8 Å². The molecule has 0 bridgehead atoms. The Kier molecular flexibility index (Phi) is 4.43. The smallest absolute Gasteiger partial charge is 0.131 e. The first-order chi connectivity index (χ1) is 15.6. The number of aromatic amines is 1. The molecule has 1 aliphatic heterocycles. The molecule has 3 fully saturated rings. The van der Waals surface area contributed by atoms with Gasteiger partial charge in [0.1, 0.15) is 6.29 Å². The lowest BCUT2D eigenvalue weighted by Gasteiger charge is -2.67. The number of carbonyl (C=O) groups is 1. The van der Waals surface area contributed by atoms with Crippen LogP contribution in [0.4, 0.5) is 0 Å². The van der Waals surface area contributed by atoms with Crippen LogP contribution in [-0.4, -0.2) is 45.4 Å². The predicted octanol–water partition coefficient (Wildman–Crippen LogP) is 4.28. The fourth-order valence-corrected chi connectivity index (χ4v) is 8.83. The Balaban J connectivity index is 1.47. The lowest BCUT2D eigenvalue weighted by Crippen LogP contribution is -2.70. The highest BCUT2D eigenvalue weighted by Crippen LogP contribution is 2.71. The van der Waals surface area contributed by atoms with E-state index in [1.165, 1.54) is 22.2 Å². The van der Waals surface area contributed by atoms with Gasteiger partial charge in [-0.25, -0.2) is 0 Å². The maximum Gasteiger partial charge on any atom is 0.131 e. The molecule has 1 saturated heterocycles. The summed E-state index contributed by atoms with van der Waals surface area (Å²) in [4.78, 5) is 16.8. The average Bonchev–Trinajstić information content (AvgIpc) is 3.28. The second-order valence-corrected chi connectivity index (χ2v) is 12.3. The number of rotatable bonds is 2. The monoisotopic (exact) mass is 451 g/mol. The molecule has 0 spiro atoms. The standard InChI is InChI=1S/C28H37NO4/c1-25(2,32)23-14-21(31)28(15-30)20-10-9-16-13-18-17-7-5-6-8-19(17)29-24(18)27(16,4)26(20,3)12-11-22(28)33-23/h5-8,15-16,20-23,29,31-32H,9-14H2,1-4H3/t16?,20-,21-,22?,23+,26+,27-,28-/m1/s1. The number of H-pyrrole nitrogens is 1. The summed E-state index contributed by atoms with van der Waals surface area (Å²) in [7, 11) is 0. The van der Waals surface area contributed by atoms with E-state index < -0.39 is 23.2 Å². The fraction of sp³-hybridized carbons (Fsp3) is 0.679. The van der Waals surface area contributed by atoms with Crippen LogP contribution in [0.3, 0.4) is 0 Å². The van der Waals surface area contributed by atoms with E-state index in [4.69, 9.17) is 4.74 Å². The summed E-state index contributed by atoms with van der Waals surface area (Å²) < 4.78 is 6.43. The maximum atomic E-state index is 13.0. The van der Waals surface area contributed by atoms with Gasteiger partial charge in [0.05, 0.1) is 29.3 Å². The summed E-state index contributed by atoms with van der Waals surface area (Å²) in [5.74, 6) is 0.577. The first-order valence-electron chi connectivity index (χ1n) is 12.7. The van der Waals surface area contributed by atoms with E-state index in [9.17, 15) is 15.0 Å². The molecule has 0 amide bonds. The molecule has 4 aliphatic rings. The molecule has 5 nitrogen and oxygen atoms in total. The third-order valence-corrected chi connectivity index (χ3v) is 10.8. The Morgan fingerprint density at radius 2 is 1.94 bits per heavy atom. The van der Waals surface area contributed by atoms with E-state index in [2.05, 4.69) is 43.1 Å². The molecule has 2 saturated carbocycles. The van der Waals surface area contributed by atoms with E-state index in [0.717, 1.165) is 38.4 Å². The molecular formula is C28H37NO4. The average molecular weight is 452 g/mol. The van der Waals surface area contributed by atoms with E-state index in [1.54, 1.807) is 13.8 Å². The predicted molar refractivity (Wildman–Crippen MR) is 127 cm³/mol. The normalized spacial score (nSPS) is 44.6. The summed E-state index contributed by atoms with van der Waals surface area (Å²) in [5.41, 5.74) is 1.80. The Morgan fingerprint density at radius 3 is 2.67 bits per heavy atom. The zero-order chi connectivity index (χ0) is 23.4. The van der Waals surface area contributed by atoms with Crippen molar-refractivity contribution in [2.24, 2.45) is 22.7 Å². The van der Waals surface area contributed by atoms with E-state index in [1.807, 2.05) is 0 Å². The molecule has 2 heterocycles. The minimum Gasteiger partial charge on any atom is -0.392 e. The third kappa shape index (κ3) is 2.51. The van der Waals surface area contributed by atoms with Crippen LogP contribution in [0.2, 0.25) is 0 Å². The highest BCUT2D eigenvalue weighted by atomic mass is 16.5. The van der Waals surface area contributed by atoms with Crippen molar-refractivity contribution in [1.82, 2.24) is 4.98 Å². The minimum atomic E-state index is -1.05. The molecule has 3 N–H and O–H groups in total. The minimum absolute atomic E-state index is 0.0395. The molecular weight excluding hydrogens is 414 g/mol. The van der Waals surface area contributed by atoms with Gasteiger partial charge in [-0.15, -0.1) is 0 Å². The number of hydrogen-bond acceptors (Lipinski definition) is 4. The van der Waals surface area contributed by atoms with Crippen molar-refractivity contribution in [2.75, 3.05) is 0 Å². The molecule has 1 aromatic heterocycles. The van der Waals surface area contributed by atoms with Crippen LogP contribution >= 0.6 is 0 Å². The molecule has 2 unspecified atom stereocenters. The van der Waals surface area contributed by atoms with Gasteiger partial charge < -0.3 is 24.7 Å². The number of aliphatic hydroxyl groups excluding tert-OH is 1. The van der Waals surface area contributed by atoms with Crippen molar-refractivity contribution in [1.29, 1.82) is 0 Å². The molecule has 8 atom stereocenters. The molecule has 33 heavy (non-hydrogen) atoms. The number of aldehydes is 1. The largest absolute Gasteiger partial charge is 0.392 e. The summed E-state index contributed by atoms with van der Waals surface area (Å²) in [6.07, 6.45) is 4.45. The third-order valence-electron chi connectivity index (χ3n) is 10.8. The fourth-order valence-electron chi connectivity index (χ4n) is 8.83. The quantitative estimate of drug-likeness (QED) is 0.595. The lowest BCUT2D eigenvalue weighted by atomic mass is 9.39. The topological polar surface area (TPSA) is 82.5 Å². The molecule has 178 valence electrons. The second-order valence-electron chi connectivity index (χ2n) is 12.3. The molecule has 0 radical (unpaired) electrons. The van der Waals surface area contributed by atoms with Crippen LogP contribution < -0.4 is 0 Å². The number of para-hydroxylation sites is 1. The van der Waals surface area contributed by atoms with Crippen LogP contribution in [0.25, 0.3) is 10.9 Å². The van der Waals surface area contributed by atoms with Crippen LogP contribution in [-0.2, 0) is 21.4 Å². The van der Waals surface area contributed by atoms with Gasteiger partial charge in [-0.3, -0.25) is 0 Å². The molecule has 1 aromatic carbocycles. The Hall–Kier alpha value is -1.69. The lowest BCUT2D eigenvalue weighted by molar-refractivity contribution is -0.271. The highest BCUT2D eigenvalue weighted by Gasteiger charge is 2.71. The Morgan fingerprint density at radius 1 is 1.18 bits per heavy atom. The first kappa shape index (κ1) is 21.8. The first-order valence-corrected chi connectivity index (χ1v) is 12.7. The number of aromatic nitrogens is 1. The second kappa shape index (κ2) is 6.71. The van der Waals surface area contributed by atoms with E-state index in [-0.39, 0.29) is 22.9 Å². The number of ether oxygens (including phenoxy) is 1. The SMILES string of the molecule is CC(C)(O)[C@@H]1C[C@@H](O)[C@]2(C=O)C(CC[C@@]3(C)[C@H]2CCC2Cc4c([nH]c5ccccc45)[C@@]23C)O1. The summed E-state index contributed by atoms with van der Waals surface area (Å²) in [6, 6.07) is 8.59. The van der Waals surface area contributed by atoms with E-state index >= 15 is 0 Å². The van der Waals surface area contributed by atoms with Gasteiger partial charge >= 0.3 is 0 Å². The molecule has 3 aliphatic carbocycles. The van der Waals surface area contributed by atoms with Gasteiger partial charge in [0, 0.05) is 28.4 Å². The summed E-state index contributed by atoms with van der Waals surface area (Å²) in [6.45, 7) is 8.25. The van der Waals surface area contributed by atoms with Gasteiger partial charge in [0.25, 0.3) is 0 Å². The summed E-state index contributed by atoms with van der Waals surface area (Å²) in [5, 5.41) is 23.5. The Labute approximate surface area is 195 Å². The number of fused-ring (bicyclic) bond motifs is 9. The molecule has 5 heteroatoms. The Bertz CT molecular complexity index is 1120. The maximum absolute atomic E-state index is 13.0. The van der Waals surface area contributed by atoms with Crippen molar-refractivity contribution in [3.8, 4) is 0 Å². The van der Waals surface area contributed by atoms with Crippen LogP contribution in [0, 0.1) is 22.7 Å². The zero-order valence-electron chi connectivity index (χ0n) is 20.2. The zero-order valence-corrected chi connectivity index (χ0v) is 20.2. The van der Waals surface area contributed by atoms with Gasteiger partial charge in [0.15, 0.2) is 0 Å². The number of aliphatic hydroxyl groups is 2. The van der Waals surface area contributed by atoms with Crippen molar-refractivity contribution >= 4 is 17.2 Å². The van der Waals surface area contributed by atoms with E-state index in [0.29, 0.717) is 12.3 Å². The summed E-state index contributed by atoms with van der Waals surface area (Å²) >= 11 is 0. The van der Waals surface area contributed by atoms with Crippen LogP contribution in [0.1, 0.15) is 71.1 Å². The number of hydrogen-bond donors (Lipinski definition) is 3. The van der Waals surface area contributed by atoms with Crippen molar-refractivity contribution in [3.05, 3.63) is 35.5 Å². The number of benzene rings is 1. The number of carbonyl (C=O) groups excluding carboxylic acids is 1. The van der Waals surface area contributed by atoms with Gasteiger partial charge in [0.2, 0.25) is 0 Å².